The Labute approximate surface area is 127 Å². The number of aromatic hydroxyl groups is 1. The quantitative estimate of drug-likeness (QED) is 0.712. The first kappa shape index (κ1) is 14.1. The number of nitrogens with zero attached hydrogens (tertiary/aromatic N) is 1. The van der Waals surface area contributed by atoms with Crippen molar-refractivity contribution in [2.45, 2.75) is 6.92 Å². The molecule has 1 N–H and O–H groups in total. The number of rotatable bonds is 3. The highest BCUT2D eigenvalue weighted by Crippen LogP contribution is 2.34. The molecule has 0 radical (unpaired) electrons. The highest BCUT2D eigenvalue weighted by atomic mass is 19.1. The van der Waals surface area contributed by atoms with Gasteiger partial charge in [0.2, 0.25) is 11.8 Å². The maximum absolute atomic E-state index is 13.0. The largest absolute Gasteiger partial charge is 0.504 e. The van der Waals surface area contributed by atoms with E-state index in [1.165, 1.54) is 23.8 Å². The predicted octanol–water partition coefficient (Wildman–Crippen LogP) is 4.69. The summed E-state index contributed by atoms with van der Waals surface area (Å²) < 4.78 is 18.4. The summed E-state index contributed by atoms with van der Waals surface area (Å²) in [5.74, 6) is -0.329. The molecule has 0 fully saturated rings. The molecular weight excluding hydrogens is 281 g/mol. The Kier molecular flexibility index (Phi) is 3.74. The molecule has 1 heterocycles. The SMILES string of the molecule is Cc1ccc(-c2ccc(Oc3cccc(F)n3)c(O)c2)cc1. The van der Waals surface area contributed by atoms with Gasteiger partial charge in [0.05, 0.1) is 0 Å². The standard InChI is InChI=1S/C18H14FNO2/c1-12-5-7-13(8-6-12)14-9-10-16(15(21)11-14)22-18-4-2-3-17(19)20-18/h2-11,21H,1H3. The second-order valence-corrected chi connectivity index (χ2v) is 4.95. The highest BCUT2D eigenvalue weighted by molar-refractivity contribution is 5.67. The highest BCUT2D eigenvalue weighted by Gasteiger charge is 2.08. The number of pyridine rings is 1. The van der Waals surface area contributed by atoms with E-state index in [1.54, 1.807) is 12.1 Å². The Morgan fingerprint density at radius 1 is 0.955 bits per heavy atom. The van der Waals surface area contributed by atoms with E-state index in [4.69, 9.17) is 4.74 Å². The van der Waals surface area contributed by atoms with Gasteiger partial charge in [-0.3, -0.25) is 0 Å². The third-order valence-corrected chi connectivity index (χ3v) is 3.25. The van der Waals surface area contributed by atoms with Gasteiger partial charge in [0, 0.05) is 6.07 Å². The molecule has 3 rings (SSSR count). The zero-order valence-electron chi connectivity index (χ0n) is 12.0. The molecule has 3 aromatic rings. The van der Waals surface area contributed by atoms with Crippen molar-refractivity contribution in [3.05, 3.63) is 72.2 Å². The lowest BCUT2D eigenvalue weighted by atomic mass is 10.0. The molecule has 0 saturated carbocycles. The van der Waals surface area contributed by atoms with Gasteiger partial charge in [-0.1, -0.05) is 42.0 Å². The summed E-state index contributed by atoms with van der Waals surface area (Å²) in [5, 5.41) is 10.1. The fourth-order valence-corrected chi connectivity index (χ4v) is 2.09. The molecule has 0 aliphatic rings. The topological polar surface area (TPSA) is 42.4 Å². The molecule has 3 nitrogen and oxygen atoms in total. The Morgan fingerprint density at radius 2 is 1.68 bits per heavy atom. The van der Waals surface area contributed by atoms with E-state index in [9.17, 15) is 9.50 Å². The Morgan fingerprint density at radius 3 is 2.36 bits per heavy atom. The average Bonchev–Trinajstić information content (AvgIpc) is 2.50. The molecule has 2 aromatic carbocycles. The number of hydrogen-bond donors (Lipinski definition) is 1. The van der Waals surface area contributed by atoms with Crippen molar-refractivity contribution in [1.82, 2.24) is 4.98 Å². The second kappa shape index (κ2) is 5.85. The van der Waals surface area contributed by atoms with Crippen LogP contribution in [-0.4, -0.2) is 10.1 Å². The average molecular weight is 295 g/mol. The minimum Gasteiger partial charge on any atom is -0.504 e. The van der Waals surface area contributed by atoms with E-state index >= 15 is 0 Å². The van der Waals surface area contributed by atoms with Crippen molar-refractivity contribution in [1.29, 1.82) is 0 Å². The number of hydrogen-bond acceptors (Lipinski definition) is 3. The molecule has 0 aliphatic heterocycles. The molecule has 0 bridgehead atoms. The third kappa shape index (κ3) is 3.06. The first-order chi connectivity index (χ1) is 10.6. The molecule has 0 atom stereocenters. The lowest BCUT2D eigenvalue weighted by Crippen LogP contribution is -1.90. The smallest absolute Gasteiger partial charge is 0.222 e. The summed E-state index contributed by atoms with van der Waals surface area (Å²) in [6.07, 6.45) is 0. The van der Waals surface area contributed by atoms with E-state index in [-0.39, 0.29) is 17.4 Å². The maximum atomic E-state index is 13.0. The van der Waals surface area contributed by atoms with Gasteiger partial charge in [-0.05, 0) is 36.2 Å². The minimum atomic E-state index is -0.631. The van der Waals surface area contributed by atoms with E-state index in [0.717, 1.165) is 11.1 Å². The summed E-state index contributed by atoms with van der Waals surface area (Å²) >= 11 is 0. The van der Waals surface area contributed by atoms with Crippen LogP contribution in [0.5, 0.6) is 17.4 Å². The van der Waals surface area contributed by atoms with Crippen molar-refractivity contribution >= 4 is 0 Å². The summed E-state index contributed by atoms with van der Waals surface area (Å²) in [4.78, 5) is 3.60. The van der Waals surface area contributed by atoms with E-state index in [1.807, 2.05) is 37.3 Å². The van der Waals surface area contributed by atoms with Crippen LogP contribution in [0.1, 0.15) is 5.56 Å². The molecule has 1 aromatic heterocycles. The van der Waals surface area contributed by atoms with Gasteiger partial charge < -0.3 is 9.84 Å². The summed E-state index contributed by atoms with van der Waals surface area (Å²) in [6, 6.07) is 17.3. The number of halogens is 1. The Hall–Kier alpha value is -2.88. The summed E-state index contributed by atoms with van der Waals surface area (Å²) in [5.41, 5.74) is 3.04. The fourth-order valence-electron chi connectivity index (χ4n) is 2.09. The number of aryl methyl sites for hydroxylation is 1. The molecular formula is C18H14FNO2. The molecule has 0 aliphatic carbocycles. The Balaban J connectivity index is 1.87. The van der Waals surface area contributed by atoms with Crippen LogP contribution >= 0.6 is 0 Å². The minimum absolute atomic E-state index is 0.0239. The molecule has 0 unspecified atom stereocenters. The van der Waals surface area contributed by atoms with Gasteiger partial charge in [-0.25, -0.2) is 0 Å². The van der Waals surface area contributed by atoms with Gasteiger partial charge in [0.15, 0.2) is 11.5 Å². The van der Waals surface area contributed by atoms with E-state index in [2.05, 4.69) is 4.98 Å². The monoisotopic (exact) mass is 295 g/mol. The van der Waals surface area contributed by atoms with Crippen LogP contribution in [0.3, 0.4) is 0 Å². The van der Waals surface area contributed by atoms with Gasteiger partial charge in [0.25, 0.3) is 0 Å². The van der Waals surface area contributed by atoms with Crippen molar-refractivity contribution in [3.8, 4) is 28.5 Å². The summed E-state index contributed by atoms with van der Waals surface area (Å²) in [6.45, 7) is 2.02. The van der Waals surface area contributed by atoms with Crippen LogP contribution < -0.4 is 4.74 Å². The van der Waals surface area contributed by atoms with Crippen LogP contribution in [0.15, 0.2) is 60.7 Å². The lowest BCUT2D eigenvalue weighted by Gasteiger charge is -2.09. The van der Waals surface area contributed by atoms with Crippen LogP contribution in [0.4, 0.5) is 4.39 Å². The first-order valence-electron chi connectivity index (χ1n) is 6.82. The van der Waals surface area contributed by atoms with Crippen LogP contribution in [0, 0.1) is 12.9 Å². The molecule has 110 valence electrons. The number of benzene rings is 2. The third-order valence-electron chi connectivity index (χ3n) is 3.25. The zero-order valence-corrected chi connectivity index (χ0v) is 12.0. The Bertz CT molecular complexity index is 800. The normalized spacial score (nSPS) is 10.5. The van der Waals surface area contributed by atoms with Crippen molar-refractivity contribution < 1.29 is 14.2 Å². The van der Waals surface area contributed by atoms with Gasteiger partial charge in [-0.2, -0.15) is 9.37 Å². The van der Waals surface area contributed by atoms with Crippen molar-refractivity contribution in [2.24, 2.45) is 0 Å². The molecule has 0 amide bonds. The lowest BCUT2D eigenvalue weighted by molar-refractivity contribution is 0.396. The molecule has 0 spiro atoms. The molecule has 4 heteroatoms. The molecule has 22 heavy (non-hydrogen) atoms. The van der Waals surface area contributed by atoms with Gasteiger partial charge >= 0.3 is 0 Å². The number of phenols is 1. The number of phenolic OH excluding ortho intramolecular Hbond substituents is 1. The van der Waals surface area contributed by atoms with Crippen LogP contribution in [0.2, 0.25) is 0 Å². The maximum Gasteiger partial charge on any atom is 0.222 e. The van der Waals surface area contributed by atoms with E-state index in [0.29, 0.717) is 0 Å². The second-order valence-electron chi connectivity index (χ2n) is 4.95. The number of ether oxygens (including phenoxy) is 1. The van der Waals surface area contributed by atoms with E-state index < -0.39 is 5.95 Å². The van der Waals surface area contributed by atoms with Crippen molar-refractivity contribution in [2.75, 3.05) is 0 Å². The predicted molar refractivity (Wildman–Crippen MR) is 82.5 cm³/mol. The zero-order chi connectivity index (χ0) is 15.5. The first-order valence-corrected chi connectivity index (χ1v) is 6.82. The van der Waals surface area contributed by atoms with Crippen LogP contribution in [0.25, 0.3) is 11.1 Å². The van der Waals surface area contributed by atoms with Gasteiger partial charge in [-0.15, -0.1) is 0 Å². The van der Waals surface area contributed by atoms with Crippen molar-refractivity contribution in [3.63, 3.8) is 0 Å². The van der Waals surface area contributed by atoms with Gasteiger partial charge in [0.1, 0.15) is 0 Å². The summed E-state index contributed by atoms with van der Waals surface area (Å²) in [7, 11) is 0. The van der Waals surface area contributed by atoms with Crippen LogP contribution in [-0.2, 0) is 0 Å². The number of aromatic nitrogens is 1. The molecule has 0 saturated heterocycles. The fraction of sp³-hybridized carbons (Fsp3) is 0.0556.